The van der Waals surface area contributed by atoms with E-state index in [4.69, 9.17) is 0 Å². The van der Waals surface area contributed by atoms with Gasteiger partial charge in [0.05, 0.1) is 5.04 Å². The molecule has 0 saturated heterocycles. The van der Waals surface area contributed by atoms with Gasteiger partial charge < -0.3 is 14.4 Å². The van der Waals surface area contributed by atoms with Gasteiger partial charge in [0.15, 0.2) is 0 Å². The van der Waals surface area contributed by atoms with Crippen molar-refractivity contribution < 1.29 is 14.4 Å². The van der Waals surface area contributed by atoms with Gasteiger partial charge in [0.1, 0.15) is 0 Å². The van der Waals surface area contributed by atoms with Crippen molar-refractivity contribution in [2.45, 2.75) is 12.0 Å². The van der Waals surface area contributed by atoms with Crippen LogP contribution in [-0.2, 0) is 5.04 Å². The van der Waals surface area contributed by atoms with Crippen molar-refractivity contribution >= 4 is 8.80 Å². The number of benzene rings is 2. The average Bonchev–Trinajstić information content (AvgIpc) is 2.62. The van der Waals surface area contributed by atoms with Gasteiger partial charge in [-0.1, -0.05) is 48.5 Å². The molecule has 1 aliphatic carbocycles. The van der Waals surface area contributed by atoms with E-state index in [-0.39, 0.29) is 0 Å². The van der Waals surface area contributed by atoms with Crippen LogP contribution in [0.1, 0.15) is 18.1 Å². The van der Waals surface area contributed by atoms with Crippen LogP contribution < -0.4 is 0 Å². The minimum absolute atomic E-state index is 0.783. The number of fused-ring (bicyclic) bond motifs is 3. The highest BCUT2D eigenvalue weighted by Gasteiger charge is 2.57. The summed E-state index contributed by atoms with van der Waals surface area (Å²) in [6, 6.07) is 15.1. The smallest absolute Gasteiger partial charge is 0.389 e. The molecule has 3 rings (SSSR count). The zero-order valence-corrected chi connectivity index (χ0v) is 11.0. The van der Waals surface area contributed by atoms with Crippen LogP contribution in [0, 0.1) is 0 Å². The molecule has 3 N–H and O–H groups in total. The van der Waals surface area contributed by atoms with Crippen molar-refractivity contribution in [3.05, 3.63) is 59.7 Å². The molecule has 0 aliphatic heterocycles. The number of hydrogen-bond donors (Lipinski definition) is 3. The SMILES string of the molecule is CC1([Si](O)(O)O)c2ccccc2-c2ccccc21. The lowest BCUT2D eigenvalue weighted by Crippen LogP contribution is -2.55. The summed E-state index contributed by atoms with van der Waals surface area (Å²) in [7, 11) is -4.35. The van der Waals surface area contributed by atoms with Gasteiger partial charge in [-0.15, -0.1) is 0 Å². The maximum Gasteiger partial charge on any atom is 0.508 e. The highest BCUT2D eigenvalue weighted by molar-refractivity contribution is 6.61. The van der Waals surface area contributed by atoms with Crippen molar-refractivity contribution in [3.8, 4) is 11.1 Å². The molecule has 0 atom stereocenters. The van der Waals surface area contributed by atoms with Gasteiger partial charge in [-0.05, 0) is 29.2 Å². The molecule has 2 aromatic carbocycles. The highest BCUT2D eigenvalue weighted by Crippen LogP contribution is 2.50. The van der Waals surface area contributed by atoms with Crippen molar-refractivity contribution in [3.63, 3.8) is 0 Å². The second kappa shape index (κ2) is 3.52. The van der Waals surface area contributed by atoms with Gasteiger partial charge in [-0.2, -0.15) is 0 Å². The fraction of sp³-hybridized carbons (Fsp3) is 0.143. The van der Waals surface area contributed by atoms with Gasteiger partial charge in [-0.25, -0.2) is 0 Å². The Hall–Kier alpha value is -1.46. The standard InChI is InChI=1S/C14H14O3Si/c1-14(18(15,16)17)12-8-4-2-6-10(12)11-7-3-5-9-13(11)14/h2-9,15-17H,1H3. The summed E-state index contributed by atoms with van der Waals surface area (Å²) in [5.74, 6) is 0. The van der Waals surface area contributed by atoms with E-state index in [1.807, 2.05) is 48.5 Å². The molecule has 0 unspecified atom stereocenters. The van der Waals surface area contributed by atoms with Crippen molar-refractivity contribution in [2.24, 2.45) is 0 Å². The minimum Gasteiger partial charge on any atom is -0.389 e. The van der Waals surface area contributed by atoms with Gasteiger partial charge in [0.2, 0.25) is 0 Å². The third kappa shape index (κ3) is 1.28. The van der Waals surface area contributed by atoms with Gasteiger partial charge >= 0.3 is 8.80 Å². The van der Waals surface area contributed by atoms with E-state index in [1.54, 1.807) is 6.92 Å². The third-order valence-electron chi connectivity index (χ3n) is 3.89. The molecule has 0 saturated carbocycles. The predicted octanol–water partition coefficient (Wildman–Crippen LogP) is 1.43. The third-order valence-corrected chi connectivity index (χ3v) is 5.77. The van der Waals surface area contributed by atoms with Crippen LogP contribution >= 0.6 is 0 Å². The lowest BCUT2D eigenvalue weighted by atomic mass is 9.98. The highest BCUT2D eigenvalue weighted by atomic mass is 28.4. The fourth-order valence-electron chi connectivity index (χ4n) is 2.81. The van der Waals surface area contributed by atoms with Crippen LogP contribution in [0.25, 0.3) is 11.1 Å². The molecule has 4 heteroatoms. The number of rotatable bonds is 1. The number of hydrogen-bond acceptors (Lipinski definition) is 3. The summed E-state index contributed by atoms with van der Waals surface area (Å²) in [5.41, 5.74) is 3.49. The lowest BCUT2D eigenvalue weighted by Gasteiger charge is -2.31. The van der Waals surface area contributed by atoms with Crippen LogP contribution in [0.4, 0.5) is 0 Å². The predicted molar refractivity (Wildman–Crippen MR) is 70.7 cm³/mol. The summed E-state index contributed by atoms with van der Waals surface area (Å²) in [4.78, 5) is 29.8. The summed E-state index contributed by atoms with van der Waals surface area (Å²) in [5, 5.41) is -1.10. The summed E-state index contributed by atoms with van der Waals surface area (Å²) < 4.78 is 0. The Bertz CT molecular complexity index is 571. The van der Waals surface area contributed by atoms with Crippen molar-refractivity contribution in [2.75, 3.05) is 0 Å². The molecule has 1 aliphatic rings. The largest absolute Gasteiger partial charge is 0.508 e. The Morgan fingerprint density at radius 3 is 1.56 bits per heavy atom. The molecule has 0 spiro atoms. The Morgan fingerprint density at radius 1 is 0.778 bits per heavy atom. The first-order chi connectivity index (χ1) is 8.46. The molecule has 0 amide bonds. The Labute approximate surface area is 106 Å². The minimum atomic E-state index is -4.35. The normalized spacial score (nSPS) is 16.2. The summed E-state index contributed by atoms with van der Waals surface area (Å²) in [6.45, 7) is 1.70. The molecule has 0 bridgehead atoms. The van der Waals surface area contributed by atoms with Crippen molar-refractivity contribution in [1.29, 1.82) is 0 Å². The molecule has 2 aromatic rings. The Kier molecular flexibility index (Phi) is 2.27. The maximum absolute atomic E-state index is 9.92. The summed E-state index contributed by atoms with van der Waals surface area (Å²) >= 11 is 0. The molecule has 3 nitrogen and oxygen atoms in total. The summed E-state index contributed by atoms with van der Waals surface area (Å²) in [6.07, 6.45) is 0. The molecule has 18 heavy (non-hydrogen) atoms. The monoisotopic (exact) mass is 258 g/mol. The first-order valence-corrected chi connectivity index (χ1v) is 7.67. The topological polar surface area (TPSA) is 60.7 Å². The van der Waals surface area contributed by atoms with Gasteiger partial charge in [-0.3, -0.25) is 0 Å². The maximum atomic E-state index is 9.92. The second-order valence-corrected chi connectivity index (χ2v) is 7.12. The van der Waals surface area contributed by atoms with Crippen LogP contribution in [0.2, 0.25) is 0 Å². The van der Waals surface area contributed by atoms with E-state index in [2.05, 4.69) is 0 Å². The van der Waals surface area contributed by atoms with E-state index in [9.17, 15) is 14.4 Å². The quantitative estimate of drug-likeness (QED) is 0.678. The Morgan fingerprint density at radius 2 is 1.17 bits per heavy atom. The zero-order chi connectivity index (χ0) is 13.0. The first kappa shape index (κ1) is 11.6. The Balaban J connectivity index is 2.41. The fourth-order valence-corrected chi connectivity index (χ4v) is 3.97. The first-order valence-electron chi connectivity index (χ1n) is 5.83. The van der Waals surface area contributed by atoms with E-state index in [1.165, 1.54) is 0 Å². The molecule has 0 fully saturated rings. The molecule has 92 valence electrons. The van der Waals surface area contributed by atoms with E-state index in [0.29, 0.717) is 0 Å². The molecule has 0 aromatic heterocycles. The van der Waals surface area contributed by atoms with E-state index < -0.39 is 13.8 Å². The van der Waals surface area contributed by atoms with Crippen LogP contribution in [-0.4, -0.2) is 23.2 Å². The molecule has 0 radical (unpaired) electrons. The molecular formula is C14H14O3Si. The zero-order valence-electron chi connectivity index (χ0n) is 9.96. The van der Waals surface area contributed by atoms with E-state index >= 15 is 0 Å². The average molecular weight is 258 g/mol. The lowest BCUT2D eigenvalue weighted by molar-refractivity contribution is 0.197. The van der Waals surface area contributed by atoms with Gasteiger partial charge in [0.25, 0.3) is 0 Å². The molecular weight excluding hydrogens is 244 g/mol. The second-order valence-electron chi connectivity index (χ2n) is 4.85. The van der Waals surface area contributed by atoms with Gasteiger partial charge in [0, 0.05) is 0 Å². The molecule has 0 heterocycles. The van der Waals surface area contributed by atoms with Crippen LogP contribution in [0.5, 0.6) is 0 Å². The van der Waals surface area contributed by atoms with Crippen LogP contribution in [0.15, 0.2) is 48.5 Å². The van der Waals surface area contributed by atoms with Crippen molar-refractivity contribution in [1.82, 2.24) is 0 Å². The van der Waals surface area contributed by atoms with E-state index in [0.717, 1.165) is 22.3 Å². The van der Waals surface area contributed by atoms with Crippen LogP contribution in [0.3, 0.4) is 0 Å².